The molecule has 4 rings (SSSR count). The number of para-hydroxylation sites is 2. The molecule has 0 spiro atoms. The Hall–Kier alpha value is -3.86. The smallest absolute Gasteiger partial charge is 0.328 e. The van der Waals surface area contributed by atoms with E-state index in [0.717, 1.165) is 17.5 Å². The van der Waals surface area contributed by atoms with Gasteiger partial charge in [-0.2, -0.15) is 0 Å². The van der Waals surface area contributed by atoms with Crippen molar-refractivity contribution in [3.05, 3.63) is 83.9 Å². The normalized spacial score (nSPS) is 11.7. The number of urea groups is 1. The number of anilines is 1. The number of rotatable bonds is 5. The van der Waals surface area contributed by atoms with Gasteiger partial charge in [0.25, 0.3) is 5.91 Å². The largest absolute Gasteiger partial charge is 0.341 e. The van der Waals surface area contributed by atoms with Gasteiger partial charge in [0.15, 0.2) is 0 Å². The summed E-state index contributed by atoms with van der Waals surface area (Å²) in [7, 11) is 0. The molecule has 1 aromatic heterocycles. The lowest BCUT2D eigenvalue weighted by molar-refractivity contribution is -0.123. The molecule has 5 heteroatoms. The number of aromatic nitrogens is 1. The fourth-order valence-electron chi connectivity index (χ4n) is 4.12. The predicted molar refractivity (Wildman–Crippen MR) is 132 cm³/mol. The molecule has 0 aliphatic rings. The quantitative estimate of drug-likeness (QED) is 0.382. The number of likely N-dealkylation sites (N-methyl/N-ethyl adjacent to an activating group) is 1. The lowest BCUT2D eigenvalue weighted by Crippen LogP contribution is -2.40. The van der Waals surface area contributed by atoms with Gasteiger partial charge in [0.2, 0.25) is 0 Å². The molecule has 0 unspecified atom stereocenters. The molecule has 0 radical (unpaired) electrons. The number of imide groups is 1. The number of nitrogens with zero attached hydrogens (tertiary/aromatic N) is 2. The molecule has 0 atom stereocenters. The van der Waals surface area contributed by atoms with E-state index in [1.165, 1.54) is 21.3 Å². The number of carbonyl (C=O) groups excluding carboxylic acids is 2. The number of hydrogen-bond donors (Lipinski definition) is 1. The Morgan fingerprint density at radius 2 is 1.59 bits per heavy atom. The maximum absolute atomic E-state index is 13.0. The second kappa shape index (κ2) is 9.10. The first-order valence-corrected chi connectivity index (χ1v) is 10.9. The Morgan fingerprint density at radius 3 is 2.31 bits per heavy atom. The van der Waals surface area contributed by atoms with Crippen molar-refractivity contribution in [1.82, 2.24) is 9.47 Å². The van der Waals surface area contributed by atoms with Crippen LogP contribution in [0, 0.1) is 0 Å². The Balaban J connectivity index is 1.63. The highest BCUT2D eigenvalue weighted by atomic mass is 16.2. The van der Waals surface area contributed by atoms with Crippen molar-refractivity contribution in [2.24, 2.45) is 0 Å². The number of hydrogen-bond acceptors (Lipinski definition) is 2. The highest BCUT2D eigenvalue weighted by Gasteiger charge is 2.21. The highest BCUT2D eigenvalue weighted by Crippen LogP contribution is 2.30. The maximum Gasteiger partial charge on any atom is 0.328 e. The summed E-state index contributed by atoms with van der Waals surface area (Å²) in [5.41, 5.74) is 4.47. The first-order chi connectivity index (χ1) is 15.5. The van der Waals surface area contributed by atoms with Crippen molar-refractivity contribution < 1.29 is 9.59 Å². The number of fused-ring (bicyclic) bond motifs is 3. The van der Waals surface area contributed by atoms with E-state index in [-0.39, 0.29) is 12.5 Å². The Bertz CT molecular complexity index is 1320. The zero-order chi connectivity index (χ0) is 22.7. The van der Waals surface area contributed by atoms with Gasteiger partial charge in [-0.05, 0) is 62.7 Å². The molecule has 0 aliphatic heterocycles. The molecule has 0 saturated heterocycles. The molecule has 0 fully saturated rings. The number of carbonyl (C=O) groups is 2. The van der Waals surface area contributed by atoms with E-state index in [4.69, 9.17) is 0 Å². The topological polar surface area (TPSA) is 54.3 Å². The number of nitrogens with one attached hydrogen (secondary N) is 1. The van der Waals surface area contributed by atoms with Crippen LogP contribution < -0.4 is 5.32 Å². The van der Waals surface area contributed by atoms with Crippen LogP contribution in [0.3, 0.4) is 0 Å². The lowest BCUT2D eigenvalue weighted by atomic mass is 10.1. The van der Waals surface area contributed by atoms with Gasteiger partial charge >= 0.3 is 6.03 Å². The minimum Gasteiger partial charge on any atom is -0.341 e. The van der Waals surface area contributed by atoms with Crippen LogP contribution >= 0.6 is 0 Å². The van der Waals surface area contributed by atoms with Crippen molar-refractivity contribution in [1.29, 1.82) is 0 Å². The third-order valence-corrected chi connectivity index (χ3v) is 5.66. The van der Waals surface area contributed by atoms with Gasteiger partial charge in [0.1, 0.15) is 0 Å². The third-order valence-electron chi connectivity index (χ3n) is 5.66. The summed E-state index contributed by atoms with van der Waals surface area (Å²) in [6, 6.07) is 23.3. The molecule has 1 heterocycles. The summed E-state index contributed by atoms with van der Waals surface area (Å²) < 4.78 is 2.29. The summed E-state index contributed by atoms with van der Waals surface area (Å²) in [4.78, 5) is 26.9. The van der Waals surface area contributed by atoms with Crippen LogP contribution in [0.2, 0.25) is 0 Å². The highest BCUT2D eigenvalue weighted by molar-refractivity contribution is 6.11. The van der Waals surface area contributed by atoms with Crippen molar-refractivity contribution in [2.75, 3.05) is 11.9 Å². The maximum atomic E-state index is 13.0. The van der Waals surface area contributed by atoms with Crippen molar-refractivity contribution in [2.45, 2.75) is 27.3 Å². The van der Waals surface area contributed by atoms with E-state index < -0.39 is 6.03 Å². The Kier molecular flexibility index (Phi) is 6.08. The van der Waals surface area contributed by atoms with Crippen molar-refractivity contribution in [3.8, 4) is 0 Å². The summed E-state index contributed by atoms with van der Waals surface area (Å²) in [5.74, 6) is -0.308. The average molecular weight is 426 g/mol. The molecular weight excluding hydrogens is 398 g/mol. The van der Waals surface area contributed by atoms with Crippen LogP contribution in [-0.4, -0.2) is 28.0 Å². The molecule has 4 aromatic rings. The average Bonchev–Trinajstić information content (AvgIpc) is 3.13. The fourth-order valence-corrected chi connectivity index (χ4v) is 4.12. The van der Waals surface area contributed by atoms with Crippen LogP contribution in [0.25, 0.3) is 27.9 Å². The molecular formula is C27H27N3O2. The van der Waals surface area contributed by atoms with Gasteiger partial charge in [0.05, 0.1) is 0 Å². The first-order valence-electron chi connectivity index (χ1n) is 10.9. The summed E-state index contributed by atoms with van der Waals surface area (Å²) in [6.07, 6.45) is 1.85. The lowest BCUT2D eigenvalue weighted by Gasteiger charge is -2.20. The van der Waals surface area contributed by atoms with Crippen LogP contribution in [0.1, 0.15) is 26.3 Å². The minimum atomic E-state index is -0.432. The monoisotopic (exact) mass is 425 g/mol. The van der Waals surface area contributed by atoms with Crippen molar-refractivity contribution >= 4 is 45.5 Å². The van der Waals surface area contributed by atoms with Gasteiger partial charge < -0.3 is 9.88 Å². The molecule has 3 amide bonds. The fraction of sp³-hybridized carbons (Fsp3) is 0.185. The van der Waals surface area contributed by atoms with E-state index >= 15 is 0 Å². The number of amides is 3. The molecule has 0 saturated carbocycles. The molecule has 3 aromatic carbocycles. The van der Waals surface area contributed by atoms with Gasteiger partial charge in [0, 0.05) is 46.2 Å². The van der Waals surface area contributed by atoms with E-state index in [1.54, 1.807) is 26.0 Å². The zero-order valence-electron chi connectivity index (χ0n) is 18.6. The minimum absolute atomic E-state index is 0.283. The van der Waals surface area contributed by atoms with E-state index in [0.29, 0.717) is 11.3 Å². The molecule has 0 aliphatic carbocycles. The van der Waals surface area contributed by atoms with Gasteiger partial charge in [-0.3, -0.25) is 9.69 Å². The van der Waals surface area contributed by atoms with Crippen LogP contribution in [0.5, 0.6) is 0 Å². The van der Waals surface area contributed by atoms with Crippen molar-refractivity contribution in [3.63, 3.8) is 0 Å². The predicted octanol–water partition coefficient (Wildman–Crippen LogP) is 6.30. The third kappa shape index (κ3) is 4.02. The standard InChI is InChI=1S/C27H27N3O2/c1-4-29-24-14-10-9-13-22(24)23-18-20(15-16-25(23)29)17-19(3)26(31)30(5-2)27(32)28-21-11-7-6-8-12-21/h6-18H,4-5H2,1-3H3,(H,28,32)/b19-17-. The number of benzene rings is 3. The van der Waals surface area contributed by atoms with E-state index in [9.17, 15) is 9.59 Å². The van der Waals surface area contributed by atoms with Crippen LogP contribution in [0.4, 0.5) is 10.5 Å². The number of aryl methyl sites for hydroxylation is 1. The van der Waals surface area contributed by atoms with E-state index in [1.807, 2.05) is 36.4 Å². The van der Waals surface area contributed by atoms with E-state index in [2.05, 4.69) is 47.1 Å². The molecule has 1 N–H and O–H groups in total. The summed E-state index contributed by atoms with van der Waals surface area (Å²) in [6.45, 7) is 6.86. The van der Waals surface area contributed by atoms with Gasteiger partial charge in [-0.15, -0.1) is 0 Å². The molecule has 0 bridgehead atoms. The zero-order valence-corrected chi connectivity index (χ0v) is 18.6. The molecule has 5 nitrogen and oxygen atoms in total. The summed E-state index contributed by atoms with van der Waals surface area (Å²) >= 11 is 0. The Morgan fingerprint density at radius 1 is 0.906 bits per heavy atom. The molecule has 162 valence electrons. The Labute approximate surface area is 187 Å². The van der Waals surface area contributed by atoms with Crippen LogP contribution in [-0.2, 0) is 11.3 Å². The second-order valence-corrected chi connectivity index (χ2v) is 7.71. The SMILES string of the molecule is CCN(C(=O)Nc1ccccc1)C(=O)/C(C)=C\c1ccc2c(c1)c1ccccc1n2CC. The summed E-state index contributed by atoms with van der Waals surface area (Å²) in [5, 5.41) is 5.14. The van der Waals surface area contributed by atoms with Gasteiger partial charge in [-0.1, -0.05) is 42.5 Å². The molecule has 32 heavy (non-hydrogen) atoms. The first kappa shape index (κ1) is 21.4. The second-order valence-electron chi connectivity index (χ2n) is 7.71. The van der Waals surface area contributed by atoms with Crippen LogP contribution in [0.15, 0.2) is 78.4 Å². The van der Waals surface area contributed by atoms with Gasteiger partial charge in [-0.25, -0.2) is 4.79 Å².